The van der Waals surface area contributed by atoms with Crippen LogP contribution in [-0.2, 0) is 5.54 Å². The molecule has 3 rings (SSSR count). The van der Waals surface area contributed by atoms with Gasteiger partial charge in [-0.1, -0.05) is 60.7 Å². The molecule has 1 unspecified atom stereocenters. The molecule has 20 heavy (non-hydrogen) atoms. The number of hydrogen-bond donors (Lipinski definition) is 0. The molecule has 0 amide bonds. The quantitative estimate of drug-likeness (QED) is 0.597. The van der Waals surface area contributed by atoms with E-state index in [4.69, 9.17) is 0 Å². The Balaban J connectivity index is 0.00000147. The van der Waals surface area contributed by atoms with Crippen molar-refractivity contribution in [3.63, 3.8) is 0 Å². The molecule has 0 aromatic heterocycles. The van der Waals surface area contributed by atoms with Crippen LogP contribution >= 0.6 is 0 Å². The van der Waals surface area contributed by atoms with Crippen molar-refractivity contribution >= 4 is 8.41 Å². The molecule has 0 N–H and O–H groups in total. The molecule has 2 aromatic rings. The second-order valence-electron chi connectivity index (χ2n) is 5.93. The van der Waals surface area contributed by atoms with Crippen molar-refractivity contribution in [1.82, 2.24) is 4.90 Å². The van der Waals surface area contributed by atoms with Crippen LogP contribution in [0.4, 0.5) is 0 Å². The first kappa shape index (κ1) is 14.9. The molecule has 3 atom stereocenters. The lowest BCUT2D eigenvalue weighted by Crippen LogP contribution is -2.28. The number of nitrogens with zero attached hydrogens (tertiary/aromatic N) is 1. The highest BCUT2D eigenvalue weighted by molar-refractivity contribution is 5.75. The van der Waals surface area contributed by atoms with Crippen LogP contribution in [-0.4, -0.2) is 19.4 Å². The average molecular weight is 262 g/mol. The molecule has 0 bridgehead atoms. The van der Waals surface area contributed by atoms with Crippen LogP contribution in [0, 0.1) is 0 Å². The van der Waals surface area contributed by atoms with Crippen LogP contribution in [0.25, 0.3) is 0 Å². The Hall–Kier alpha value is -1.54. The molecule has 0 aliphatic carbocycles. The fourth-order valence-electron chi connectivity index (χ4n) is 3.29. The summed E-state index contributed by atoms with van der Waals surface area (Å²) in [5.41, 5.74) is 2.90. The van der Waals surface area contributed by atoms with E-state index in [2.05, 4.69) is 86.3 Å². The van der Waals surface area contributed by atoms with Gasteiger partial charge in [0.1, 0.15) is 0 Å². The van der Waals surface area contributed by atoms with Gasteiger partial charge in [-0.15, -0.1) is 0 Å². The summed E-state index contributed by atoms with van der Waals surface area (Å²) < 4.78 is 0. The highest BCUT2D eigenvalue weighted by Gasteiger charge is 2.52. The highest BCUT2D eigenvalue weighted by atomic mass is 15.4. The summed E-state index contributed by atoms with van der Waals surface area (Å²) in [6, 6.07) is 22.8. The van der Waals surface area contributed by atoms with Crippen molar-refractivity contribution in [3.8, 4) is 0 Å². The SMILES string of the molecule is C[C@@H]1[C@H](c2ccccc2)N1C(C)(C)c1ccccc1.[B]. The largest absolute Gasteiger partial charge is 0.281 e. The van der Waals surface area contributed by atoms with Gasteiger partial charge in [0.05, 0.1) is 6.04 Å². The van der Waals surface area contributed by atoms with E-state index in [9.17, 15) is 0 Å². The van der Waals surface area contributed by atoms with Crippen LogP contribution < -0.4 is 0 Å². The monoisotopic (exact) mass is 262 g/mol. The molecule has 0 spiro atoms. The van der Waals surface area contributed by atoms with Crippen molar-refractivity contribution in [1.29, 1.82) is 0 Å². The number of hydrogen-bond acceptors (Lipinski definition) is 1. The molecule has 2 heteroatoms. The topological polar surface area (TPSA) is 3.01 Å². The minimum Gasteiger partial charge on any atom is -0.281 e. The van der Waals surface area contributed by atoms with Gasteiger partial charge in [0.25, 0.3) is 0 Å². The van der Waals surface area contributed by atoms with Gasteiger partial charge in [-0.25, -0.2) is 0 Å². The first-order chi connectivity index (χ1) is 9.12. The minimum absolute atomic E-state index is 0. The Bertz CT molecular complexity index is 550. The van der Waals surface area contributed by atoms with E-state index in [1.165, 1.54) is 11.1 Å². The third-order valence-electron chi connectivity index (χ3n) is 4.37. The molecule has 1 aliphatic rings. The first-order valence-electron chi connectivity index (χ1n) is 7.01. The Labute approximate surface area is 124 Å². The van der Waals surface area contributed by atoms with Gasteiger partial charge in [-0.05, 0) is 31.9 Å². The van der Waals surface area contributed by atoms with Crippen LogP contribution in [0.5, 0.6) is 0 Å². The summed E-state index contributed by atoms with van der Waals surface area (Å²) in [6.07, 6.45) is 0. The summed E-state index contributed by atoms with van der Waals surface area (Å²) in [6.45, 7) is 6.96. The van der Waals surface area contributed by atoms with Gasteiger partial charge in [0, 0.05) is 20.0 Å². The normalized spacial score (nSPS) is 24.9. The third-order valence-corrected chi connectivity index (χ3v) is 4.37. The molecule has 1 heterocycles. The lowest BCUT2D eigenvalue weighted by Gasteiger charge is -2.28. The lowest BCUT2D eigenvalue weighted by atomic mass is 9.94. The van der Waals surface area contributed by atoms with Crippen molar-refractivity contribution < 1.29 is 0 Å². The Kier molecular flexibility index (Phi) is 4.05. The molecule has 3 radical (unpaired) electrons. The van der Waals surface area contributed by atoms with E-state index in [1.54, 1.807) is 0 Å². The average Bonchev–Trinajstić information content (AvgIpc) is 3.13. The predicted octanol–water partition coefficient (Wildman–Crippen LogP) is 3.99. The van der Waals surface area contributed by atoms with Crippen LogP contribution in [0.1, 0.15) is 37.9 Å². The van der Waals surface area contributed by atoms with Gasteiger partial charge < -0.3 is 0 Å². The molecule has 1 aliphatic heterocycles. The van der Waals surface area contributed by atoms with Crippen LogP contribution in [0.2, 0.25) is 0 Å². The van der Waals surface area contributed by atoms with E-state index < -0.39 is 0 Å². The molecular formula is C18H21BN. The van der Waals surface area contributed by atoms with Crippen LogP contribution in [0.3, 0.4) is 0 Å². The van der Waals surface area contributed by atoms with E-state index >= 15 is 0 Å². The molecule has 1 nitrogen and oxygen atoms in total. The fraction of sp³-hybridized carbons (Fsp3) is 0.333. The maximum atomic E-state index is 2.59. The summed E-state index contributed by atoms with van der Waals surface area (Å²) in [5, 5.41) is 0. The second-order valence-corrected chi connectivity index (χ2v) is 5.93. The van der Waals surface area contributed by atoms with Crippen molar-refractivity contribution in [2.75, 3.05) is 0 Å². The van der Waals surface area contributed by atoms with E-state index in [-0.39, 0.29) is 14.0 Å². The van der Waals surface area contributed by atoms with Gasteiger partial charge >= 0.3 is 0 Å². The molecule has 101 valence electrons. The molecule has 0 saturated carbocycles. The molecular weight excluding hydrogens is 241 g/mol. The highest BCUT2D eigenvalue weighted by Crippen LogP contribution is 2.51. The lowest BCUT2D eigenvalue weighted by molar-refractivity contribution is 0.250. The van der Waals surface area contributed by atoms with Gasteiger partial charge in [-0.2, -0.15) is 0 Å². The van der Waals surface area contributed by atoms with Gasteiger partial charge in [0.15, 0.2) is 0 Å². The van der Waals surface area contributed by atoms with Crippen molar-refractivity contribution in [2.24, 2.45) is 0 Å². The van der Waals surface area contributed by atoms with E-state index in [1.807, 2.05) is 0 Å². The van der Waals surface area contributed by atoms with Crippen molar-refractivity contribution in [3.05, 3.63) is 71.8 Å². The summed E-state index contributed by atoms with van der Waals surface area (Å²) in [5.74, 6) is 0. The molecule has 1 fully saturated rings. The maximum Gasteiger partial charge on any atom is 0.0513 e. The minimum atomic E-state index is 0. The zero-order valence-corrected chi connectivity index (χ0v) is 12.5. The van der Waals surface area contributed by atoms with E-state index in [0.29, 0.717) is 12.1 Å². The maximum absolute atomic E-state index is 2.59. The summed E-state index contributed by atoms with van der Waals surface area (Å²) in [7, 11) is 0. The molecule has 1 saturated heterocycles. The van der Waals surface area contributed by atoms with E-state index in [0.717, 1.165) is 0 Å². The Morgan fingerprint density at radius 2 is 1.35 bits per heavy atom. The fourth-order valence-corrected chi connectivity index (χ4v) is 3.29. The van der Waals surface area contributed by atoms with Gasteiger partial charge in [0.2, 0.25) is 0 Å². The third kappa shape index (κ3) is 2.40. The standard InChI is InChI=1S/C18H21N.B/c1-14-17(15-10-6-4-7-11-15)19(14)18(2,3)16-12-8-5-9-13-16;/h4-14,17H,1-3H3;/t14-,17-,19?;/m1./s1. The zero-order chi connectivity index (χ0) is 13.5. The second kappa shape index (κ2) is 5.45. The number of rotatable bonds is 3. The van der Waals surface area contributed by atoms with Crippen LogP contribution in [0.15, 0.2) is 60.7 Å². The smallest absolute Gasteiger partial charge is 0.0513 e. The van der Waals surface area contributed by atoms with Crippen molar-refractivity contribution in [2.45, 2.75) is 38.4 Å². The summed E-state index contributed by atoms with van der Waals surface area (Å²) in [4.78, 5) is 2.59. The molecule has 2 aromatic carbocycles. The van der Waals surface area contributed by atoms with Gasteiger partial charge in [-0.3, -0.25) is 4.90 Å². The summed E-state index contributed by atoms with van der Waals surface area (Å²) >= 11 is 0. The number of benzene rings is 2. The first-order valence-corrected chi connectivity index (χ1v) is 7.01. The predicted molar refractivity (Wildman–Crippen MR) is 85.7 cm³/mol. The Morgan fingerprint density at radius 1 is 0.850 bits per heavy atom. The zero-order valence-electron chi connectivity index (χ0n) is 12.5. The Morgan fingerprint density at radius 3 is 1.90 bits per heavy atom.